The van der Waals surface area contributed by atoms with Crippen LogP contribution in [-0.2, 0) is 0 Å². The van der Waals surface area contributed by atoms with Gasteiger partial charge < -0.3 is 10.1 Å². The lowest BCUT2D eigenvalue weighted by Gasteiger charge is -2.14. The van der Waals surface area contributed by atoms with Gasteiger partial charge in [0.25, 0.3) is 5.91 Å². The minimum absolute atomic E-state index is 0.0796. The third kappa shape index (κ3) is 4.01. The second kappa shape index (κ2) is 6.10. The number of hydrogen-bond donors (Lipinski definition) is 1. The van der Waals surface area contributed by atoms with E-state index in [-0.39, 0.29) is 17.3 Å². The molecule has 1 aromatic heterocycles. The average Bonchev–Trinajstić information content (AvgIpc) is 3.32. The number of halogens is 3. The van der Waals surface area contributed by atoms with Crippen LogP contribution in [0.3, 0.4) is 0 Å². The van der Waals surface area contributed by atoms with Crippen LogP contribution in [0, 0.1) is 6.92 Å². The van der Waals surface area contributed by atoms with Crippen LogP contribution in [0.4, 0.5) is 18.9 Å². The van der Waals surface area contributed by atoms with Crippen molar-refractivity contribution in [1.29, 1.82) is 0 Å². The van der Waals surface area contributed by atoms with E-state index in [1.807, 2.05) is 0 Å². The van der Waals surface area contributed by atoms with Crippen molar-refractivity contribution in [2.75, 3.05) is 5.32 Å². The molecular weight excluding hydrogens is 323 g/mol. The Morgan fingerprint density at radius 3 is 2.62 bits per heavy atom. The molecule has 1 saturated carbocycles. The number of rotatable bonds is 4. The Balaban J connectivity index is 1.83. The molecule has 5 nitrogen and oxygen atoms in total. The number of hydrogen-bond acceptors (Lipinski definition) is 4. The van der Waals surface area contributed by atoms with Gasteiger partial charge in [-0.05, 0) is 38.0 Å². The molecule has 24 heavy (non-hydrogen) atoms. The number of para-hydroxylation sites is 2. The molecule has 1 aliphatic rings. The zero-order valence-electron chi connectivity index (χ0n) is 12.7. The molecule has 1 aliphatic carbocycles. The number of aryl methyl sites for hydroxylation is 1. The number of ether oxygens (including phenoxy) is 1. The summed E-state index contributed by atoms with van der Waals surface area (Å²) in [5.74, 6) is -0.232. The van der Waals surface area contributed by atoms with Gasteiger partial charge >= 0.3 is 6.36 Å². The maximum Gasteiger partial charge on any atom is 0.573 e. The molecule has 0 spiro atoms. The van der Waals surface area contributed by atoms with Gasteiger partial charge in [0.05, 0.1) is 5.69 Å². The number of aromatic nitrogens is 2. The maximum absolute atomic E-state index is 12.4. The molecule has 0 aliphatic heterocycles. The van der Waals surface area contributed by atoms with Gasteiger partial charge in [-0.3, -0.25) is 4.79 Å². The third-order valence-electron chi connectivity index (χ3n) is 3.41. The monoisotopic (exact) mass is 337 g/mol. The Kier molecular flexibility index (Phi) is 4.13. The molecule has 1 amide bonds. The standard InChI is InChI=1S/C16H14F3N3O2/c1-9-8-12(21-14(20-9)10-6-7-10)15(23)22-11-4-2-3-5-13(11)24-16(17,18)19/h2-5,8,10H,6-7H2,1H3,(H,22,23). The first-order valence-electron chi connectivity index (χ1n) is 7.33. The van der Waals surface area contributed by atoms with Crippen LogP contribution in [0.5, 0.6) is 5.75 Å². The Bertz CT molecular complexity index is 773. The van der Waals surface area contributed by atoms with E-state index < -0.39 is 18.0 Å². The van der Waals surface area contributed by atoms with E-state index in [9.17, 15) is 18.0 Å². The van der Waals surface area contributed by atoms with Crippen molar-refractivity contribution < 1.29 is 22.7 Å². The minimum Gasteiger partial charge on any atom is -0.404 e. The topological polar surface area (TPSA) is 64.1 Å². The van der Waals surface area contributed by atoms with Crippen LogP contribution in [-0.4, -0.2) is 22.2 Å². The summed E-state index contributed by atoms with van der Waals surface area (Å²) in [6, 6.07) is 6.84. The van der Waals surface area contributed by atoms with E-state index in [1.54, 1.807) is 6.92 Å². The van der Waals surface area contributed by atoms with Gasteiger partial charge in [-0.2, -0.15) is 0 Å². The zero-order valence-corrected chi connectivity index (χ0v) is 12.7. The lowest BCUT2D eigenvalue weighted by molar-refractivity contribution is -0.274. The Morgan fingerprint density at radius 2 is 1.96 bits per heavy atom. The molecule has 8 heteroatoms. The normalized spacial score (nSPS) is 14.3. The summed E-state index contributed by atoms with van der Waals surface area (Å²) in [5, 5.41) is 2.41. The quantitative estimate of drug-likeness (QED) is 0.921. The minimum atomic E-state index is -4.84. The molecule has 0 radical (unpaired) electrons. The van der Waals surface area contributed by atoms with E-state index in [4.69, 9.17) is 0 Å². The highest BCUT2D eigenvalue weighted by Crippen LogP contribution is 2.38. The lowest BCUT2D eigenvalue weighted by Crippen LogP contribution is -2.20. The van der Waals surface area contributed by atoms with Crippen molar-refractivity contribution in [3.63, 3.8) is 0 Å². The number of anilines is 1. The zero-order chi connectivity index (χ0) is 17.3. The lowest BCUT2D eigenvalue weighted by atomic mass is 10.2. The number of nitrogens with zero attached hydrogens (tertiary/aromatic N) is 2. The molecular formula is C16H14F3N3O2. The smallest absolute Gasteiger partial charge is 0.404 e. The molecule has 0 saturated heterocycles. The van der Waals surface area contributed by atoms with Crippen molar-refractivity contribution in [1.82, 2.24) is 9.97 Å². The molecule has 0 atom stereocenters. The van der Waals surface area contributed by atoms with Gasteiger partial charge in [0, 0.05) is 11.6 Å². The van der Waals surface area contributed by atoms with Crippen LogP contribution in [0.1, 0.15) is 40.8 Å². The highest BCUT2D eigenvalue weighted by molar-refractivity contribution is 6.03. The SMILES string of the molecule is Cc1cc(C(=O)Nc2ccccc2OC(F)(F)F)nc(C2CC2)n1. The first kappa shape index (κ1) is 16.2. The van der Waals surface area contributed by atoms with Crippen LogP contribution in [0.25, 0.3) is 0 Å². The molecule has 1 N–H and O–H groups in total. The molecule has 0 unspecified atom stereocenters. The van der Waals surface area contributed by atoms with Crippen LogP contribution in [0.2, 0.25) is 0 Å². The first-order valence-corrected chi connectivity index (χ1v) is 7.33. The van der Waals surface area contributed by atoms with Crippen LogP contribution >= 0.6 is 0 Å². The maximum atomic E-state index is 12.4. The van der Waals surface area contributed by atoms with Gasteiger partial charge in [-0.25, -0.2) is 9.97 Å². The fourth-order valence-electron chi connectivity index (χ4n) is 2.20. The Hall–Kier alpha value is -2.64. The largest absolute Gasteiger partial charge is 0.573 e. The second-order valence-electron chi connectivity index (χ2n) is 5.53. The summed E-state index contributed by atoms with van der Waals surface area (Å²) >= 11 is 0. The summed E-state index contributed by atoms with van der Waals surface area (Å²) < 4.78 is 41.2. The molecule has 2 aromatic rings. The van der Waals surface area contributed by atoms with Crippen molar-refractivity contribution >= 4 is 11.6 Å². The van der Waals surface area contributed by atoms with Crippen molar-refractivity contribution in [3.05, 3.63) is 47.5 Å². The number of nitrogens with one attached hydrogen (secondary N) is 1. The highest BCUT2D eigenvalue weighted by Gasteiger charge is 2.32. The predicted octanol–water partition coefficient (Wildman–Crippen LogP) is 3.81. The van der Waals surface area contributed by atoms with Gasteiger partial charge in [0.2, 0.25) is 0 Å². The van der Waals surface area contributed by atoms with Gasteiger partial charge in [0.1, 0.15) is 11.5 Å². The second-order valence-corrected chi connectivity index (χ2v) is 5.53. The van der Waals surface area contributed by atoms with E-state index in [0.717, 1.165) is 18.9 Å². The van der Waals surface area contributed by atoms with Crippen molar-refractivity contribution in [2.45, 2.75) is 32.0 Å². The highest BCUT2D eigenvalue weighted by atomic mass is 19.4. The predicted molar refractivity (Wildman–Crippen MR) is 79.8 cm³/mol. The summed E-state index contributed by atoms with van der Waals surface area (Å²) in [4.78, 5) is 20.8. The van der Waals surface area contributed by atoms with Crippen molar-refractivity contribution in [3.8, 4) is 5.75 Å². The van der Waals surface area contributed by atoms with Gasteiger partial charge in [-0.15, -0.1) is 13.2 Å². The summed E-state index contributed by atoms with van der Waals surface area (Å²) in [5.41, 5.74) is 0.673. The third-order valence-corrected chi connectivity index (χ3v) is 3.41. The van der Waals surface area contributed by atoms with Gasteiger partial charge in [-0.1, -0.05) is 12.1 Å². The number of alkyl halides is 3. The Morgan fingerprint density at radius 1 is 1.25 bits per heavy atom. The number of carbonyl (C=O) groups excluding carboxylic acids is 1. The number of benzene rings is 1. The van der Waals surface area contributed by atoms with E-state index in [1.165, 1.54) is 24.3 Å². The van der Waals surface area contributed by atoms with E-state index in [0.29, 0.717) is 11.5 Å². The van der Waals surface area contributed by atoms with Crippen molar-refractivity contribution in [2.24, 2.45) is 0 Å². The molecule has 1 aromatic carbocycles. The van der Waals surface area contributed by atoms with Crippen LogP contribution in [0.15, 0.2) is 30.3 Å². The fraction of sp³-hybridized carbons (Fsp3) is 0.312. The average molecular weight is 337 g/mol. The molecule has 126 valence electrons. The first-order chi connectivity index (χ1) is 11.3. The summed E-state index contributed by atoms with van der Waals surface area (Å²) in [6.45, 7) is 1.74. The Labute approximate surface area is 135 Å². The molecule has 0 bridgehead atoms. The van der Waals surface area contributed by atoms with E-state index in [2.05, 4.69) is 20.0 Å². The fourth-order valence-corrected chi connectivity index (χ4v) is 2.20. The molecule has 1 fully saturated rings. The molecule has 1 heterocycles. The van der Waals surface area contributed by atoms with Crippen LogP contribution < -0.4 is 10.1 Å². The molecule has 3 rings (SSSR count). The van der Waals surface area contributed by atoms with E-state index >= 15 is 0 Å². The summed E-state index contributed by atoms with van der Waals surface area (Å²) in [7, 11) is 0. The number of amides is 1. The number of carbonyl (C=O) groups is 1. The van der Waals surface area contributed by atoms with Gasteiger partial charge in [0.15, 0.2) is 5.75 Å². The summed E-state index contributed by atoms with van der Waals surface area (Å²) in [6.07, 6.45) is -2.88.